The highest BCUT2D eigenvalue weighted by molar-refractivity contribution is 7.07. The molecule has 6 nitrogen and oxygen atoms in total. The zero-order valence-corrected chi connectivity index (χ0v) is 15.3. The molecule has 0 atom stereocenters. The highest BCUT2D eigenvalue weighted by Gasteiger charge is 2.13. The van der Waals surface area contributed by atoms with E-state index in [9.17, 15) is 15.3 Å². The Morgan fingerprint density at radius 2 is 2.00 bits per heavy atom. The van der Waals surface area contributed by atoms with Gasteiger partial charge in [0.05, 0.1) is 16.4 Å². The highest BCUT2D eigenvalue weighted by Crippen LogP contribution is 2.15. The largest absolute Gasteiger partial charge is 0.275 e. The van der Waals surface area contributed by atoms with Gasteiger partial charge in [0.15, 0.2) is 5.57 Å². The molecule has 2 heterocycles. The van der Waals surface area contributed by atoms with Crippen molar-refractivity contribution in [1.29, 1.82) is 10.5 Å². The number of aromatic nitrogens is 3. The molecule has 26 heavy (non-hydrogen) atoms. The second-order valence-corrected chi connectivity index (χ2v) is 6.85. The molecule has 0 saturated carbocycles. The monoisotopic (exact) mass is 361 g/mol. The fourth-order valence-corrected chi connectivity index (χ4v) is 3.68. The number of nitrogens with zero attached hydrogens (tertiary/aromatic N) is 5. The molecule has 0 aliphatic rings. The van der Waals surface area contributed by atoms with E-state index in [2.05, 4.69) is 5.10 Å². The molecule has 0 bridgehead atoms. The minimum absolute atomic E-state index is 0.0844. The fraction of sp³-hybridized carbons (Fsp3) is 0.158. The van der Waals surface area contributed by atoms with Crippen molar-refractivity contribution in [2.24, 2.45) is 7.05 Å². The van der Waals surface area contributed by atoms with Gasteiger partial charge in [-0.1, -0.05) is 12.1 Å². The van der Waals surface area contributed by atoms with Gasteiger partial charge in [-0.3, -0.25) is 14.0 Å². The maximum atomic E-state index is 13.1. The lowest BCUT2D eigenvalue weighted by Crippen LogP contribution is -2.31. The minimum Gasteiger partial charge on any atom is -0.275 e. The Labute approximate surface area is 153 Å². The van der Waals surface area contributed by atoms with Crippen LogP contribution in [0.3, 0.4) is 0 Å². The summed E-state index contributed by atoms with van der Waals surface area (Å²) in [7, 11) is 1.79. The Morgan fingerprint density at radius 3 is 2.62 bits per heavy atom. The average molecular weight is 361 g/mol. The summed E-state index contributed by atoms with van der Waals surface area (Å²) < 4.78 is 3.88. The van der Waals surface area contributed by atoms with E-state index in [0.29, 0.717) is 14.9 Å². The van der Waals surface area contributed by atoms with Crippen molar-refractivity contribution in [3.63, 3.8) is 0 Å². The number of benzene rings is 1. The van der Waals surface area contributed by atoms with E-state index in [1.807, 2.05) is 44.2 Å². The van der Waals surface area contributed by atoms with Crippen molar-refractivity contribution in [1.82, 2.24) is 14.3 Å². The third kappa shape index (κ3) is 2.97. The first-order valence-corrected chi connectivity index (χ1v) is 8.61. The van der Waals surface area contributed by atoms with Crippen LogP contribution in [0.1, 0.15) is 16.7 Å². The van der Waals surface area contributed by atoms with Gasteiger partial charge in [-0.05, 0) is 37.1 Å². The highest BCUT2D eigenvalue weighted by atomic mass is 32.1. The summed E-state index contributed by atoms with van der Waals surface area (Å²) in [6, 6.07) is 9.42. The second kappa shape index (κ2) is 6.83. The summed E-state index contributed by atoms with van der Waals surface area (Å²) in [6.07, 6.45) is 5.16. The Kier molecular flexibility index (Phi) is 4.57. The molecular weight excluding hydrogens is 346 g/mol. The normalized spacial score (nSPS) is 11.2. The van der Waals surface area contributed by atoms with Crippen LogP contribution in [0.15, 0.2) is 35.4 Å². The number of hydrogen-bond acceptors (Lipinski definition) is 5. The predicted molar refractivity (Wildman–Crippen MR) is 100 cm³/mol. The standard InChI is InChI=1S/C19H15N5OS/c1-12-5-4-6-16(13(12)2)24-18(25)17(7-14-10-22-23(3)11-14)26-19(24)15(8-20)9-21/h4-7,10-11H,1-3H3/b17-7+. The van der Waals surface area contributed by atoms with E-state index in [0.717, 1.165) is 28.0 Å². The van der Waals surface area contributed by atoms with Gasteiger partial charge in [0, 0.05) is 18.8 Å². The molecule has 1 aromatic carbocycles. The van der Waals surface area contributed by atoms with E-state index < -0.39 is 0 Å². The van der Waals surface area contributed by atoms with E-state index in [1.54, 1.807) is 30.2 Å². The molecule has 7 heteroatoms. The van der Waals surface area contributed by atoms with Crippen LogP contribution in [0.2, 0.25) is 0 Å². The van der Waals surface area contributed by atoms with Gasteiger partial charge in [-0.15, -0.1) is 11.3 Å². The first-order valence-electron chi connectivity index (χ1n) is 7.79. The summed E-state index contributed by atoms with van der Waals surface area (Å²) in [5.41, 5.74) is 3.07. The number of nitriles is 2. The van der Waals surface area contributed by atoms with Crippen molar-refractivity contribution in [3.05, 3.63) is 66.8 Å². The summed E-state index contributed by atoms with van der Waals surface area (Å²) in [5, 5.41) is 22.7. The Morgan fingerprint density at radius 1 is 1.27 bits per heavy atom. The van der Waals surface area contributed by atoms with Gasteiger partial charge in [-0.25, -0.2) is 0 Å². The molecule has 0 unspecified atom stereocenters. The van der Waals surface area contributed by atoms with Crippen molar-refractivity contribution >= 4 is 23.0 Å². The third-order valence-electron chi connectivity index (χ3n) is 4.10. The SMILES string of the molecule is Cc1cccc(-n2c(=C(C#N)C#N)s/c(=C/c3cnn(C)c3)c2=O)c1C. The number of rotatable bonds is 2. The summed E-state index contributed by atoms with van der Waals surface area (Å²) in [4.78, 5) is 13.1. The molecule has 0 spiro atoms. The quantitative estimate of drug-likeness (QED) is 0.688. The van der Waals surface area contributed by atoms with Gasteiger partial charge in [0.1, 0.15) is 16.8 Å². The van der Waals surface area contributed by atoms with Crippen LogP contribution >= 0.6 is 11.3 Å². The molecule has 3 aromatic rings. The molecule has 0 radical (unpaired) electrons. The van der Waals surface area contributed by atoms with Gasteiger partial charge in [0.25, 0.3) is 5.56 Å². The molecule has 0 saturated heterocycles. The first kappa shape index (κ1) is 17.4. The lowest BCUT2D eigenvalue weighted by atomic mass is 10.1. The van der Waals surface area contributed by atoms with Crippen molar-refractivity contribution < 1.29 is 0 Å². The summed E-state index contributed by atoms with van der Waals surface area (Å²) in [5.74, 6) is 0. The van der Waals surface area contributed by atoms with Crippen LogP contribution in [-0.4, -0.2) is 14.3 Å². The van der Waals surface area contributed by atoms with Crippen LogP contribution in [0.5, 0.6) is 0 Å². The summed E-state index contributed by atoms with van der Waals surface area (Å²) >= 11 is 1.13. The van der Waals surface area contributed by atoms with Crippen LogP contribution in [-0.2, 0) is 7.05 Å². The van der Waals surface area contributed by atoms with Gasteiger partial charge >= 0.3 is 0 Å². The molecular formula is C19H15N5OS. The van der Waals surface area contributed by atoms with E-state index >= 15 is 0 Å². The van der Waals surface area contributed by atoms with E-state index in [-0.39, 0.29) is 11.1 Å². The molecule has 0 fully saturated rings. The Bertz CT molecular complexity index is 1240. The fourth-order valence-electron chi connectivity index (χ4n) is 2.63. The van der Waals surface area contributed by atoms with Crippen LogP contribution in [0.4, 0.5) is 0 Å². The molecule has 3 rings (SSSR count). The molecule has 128 valence electrons. The maximum Gasteiger partial charge on any atom is 0.273 e. The van der Waals surface area contributed by atoms with E-state index in [4.69, 9.17) is 0 Å². The van der Waals surface area contributed by atoms with Crippen LogP contribution < -0.4 is 14.8 Å². The lowest BCUT2D eigenvalue weighted by Gasteiger charge is -2.09. The first-order chi connectivity index (χ1) is 12.5. The number of hydrogen-bond donors (Lipinski definition) is 0. The van der Waals surface area contributed by atoms with Crippen LogP contribution in [0, 0.1) is 36.5 Å². The van der Waals surface area contributed by atoms with Gasteiger partial charge in [0.2, 0.25) is 0 Å². The van der Waals surface area contributed by atoms with Gasteiger partial charge < -0.3 is 0 Å². The van der Waals surface area contributed by atoms with E-state index in [1.165, 1.54) is 4.57 Å². The minimum atomic E-state index is -0.259. The van der Waals surface area contributed by atoms with Crippen molar-refractivity contribution in [2.45, 2.75) is 13.8 Å². The third-order valence-corrected chi connectivity index (χ3v) is 5.19. The predicted octanol–water partition coefficient (Wildman–Crippen LogP) is 1.28. The molecule has 0 N–H and O–H groups in total. The Hall–Kier alpha value is -3.42. The molecule has 0 aliphatic carbocycles. The zero-order valence-electron chi connectivity index (χ0n) is 14.5. The Balaban J connectivity index is 2.45. The lowest BCUT2D eigenvalue weighted by molar-refractivity contribution is 0.767. The topological polar surface area (TPSA) is 87.4 Å². The zero-order chi connectivity index (χ0) is 18.8. The van der Waals surface area contributed by atoms with Crippen LogP contribution in [0.25, 0.3) is 17.3 Å². The van der Waals surface area contributed by atoms with Crippen molar-refractivity contribution in [2.75, 3.05) is 0 Å². The molecule has 0 aliphatic heterocycles. The number of aryl methyl sites for hydroxylation is 2. The van der Waals surface area contributed by atoms with Gasteiger partial charge in [-0.2, -0.15) is 15.6 Å². The maximum absolute atomic E-state index is 13.1. The average Bonchev–Trinajstić information content (AvgIpc) is 3.16. The summed E-state index contributed by atoms with van der Waals surface area (Å²) in [6.45, 7) is 3.87. The smallest absolute Gasteiger partial charge is 0.273 e. The second-order valence-electron chi connectivity index (χ2n) is 5.82. The number of thiazole rings is 1. The molecule has 2 aromatic heterocycles. The van der Waals surface area contributed by atoms with Crippen molar-refractivity contribution in [3.8, 4) is 17.8 Å². The molecule has 0 amide bonds.